The Morgan fingerprint density at radius 2 is 1.45 bits per heavy atom. The van der Waals surface area contributed by atoms with E-state index in [9.17, 15) is 4.39 Å². The van der Waals surface area contributed by atoms with E-state index in [4.69, 9.17) is 0 Å². The van der Waals surface area contributed by atoms with Crippen LogP contribution in [0.15, 0.2) is 48.5 Å². The van der Waals surface area contributed by atoms with Crippen molar-refractivity contribution in [3.63, 3.8) is 0 Å². The third kappa shape index (κ3) is 3.60. The van der Waals surface area contributed by atoms with Crippen molar-refractivity contribution in [1.82, 2.24) is 0 Å². The van der Waals surface area contributed by atoms with Crippen LogP contribution in [-0.2, 0) is 5.41 Å². The summed E-state index contributed by atoms with van der Waals surface area (Å²) in [5.74, 6) is -0.199. The van der Waals surface area contributed by atoms with Gasteiger partial charge in [0.15, 0.2) is 0 Å². The molecule has 20 heavy (non-hydrogen) atoms. The van der Waals surface area contributed by atoms with E-state index in [1.165, 1.54) is 17.7 Å². The van der Waals surface area contributed by atoms with Crippen molar-refractivity contribution in [2.75, 3.05) is 5.32 Å². The van der Waals surface area contributed by atoms with Crippen molar-refractivity contribution in [1.29, 1.82) is 0 Å². The van der Waals surface area contributed by atoms with Crippen molar-refractivity contribution in [3.05, 3.63) is 65.5 Å². The van der Waals surface area contributed by atoms with Crippen LogP contribution in [0.25, 0.3) is 0 Å². The molecule has 0 spiro atoms. The lowest BCUT2D eigenvalue weighted by Gasteiger charge is -2.20. The maximum Gasteiger partial charge on any atom is 0.123 e. The van der Waals surface area contributed by atoms with Gasteiger partial charge in [0.2, 0.25) is 0 Å². The second-order valence-corrected chi connectivity index (χ2v) is 6.24. The molecule has 0 fully saturated rings. The number of hydrogen-bond acceptors (Lipinski definition) is 1. The second kappa shape index (κ2) is 5.66. The molecule has 2 heteroatoms. The average Bonchev–Trinajstić information content (AvgIpc) is 2.39. The molecule has 0 bridgehead atoms. The van der Waals surface area contributed by atoms with Crippen molar-refractivity contribution in [3.8, 4) is 0 Å². The first kappa shape index (κ1) is 14.6. The molecule has 1 N–H and O–H groups in total. The van der Waals surface area contributed by atoms with Gasteiger partial charge in [0, 0.05) is 11.7 Å². The first-order chi connectivity index (χ1) is 9.36. The molecule has 0 aliphatic rings. The molecule has 0 saturated carbocycles. The molecule has 0 amide bonds. The fourth-order valence-electron chi connectivity index (χ4n) is 2.15. The molecule has 1 atom stereocenters. The molecule has 0 heterocycles. The topological polar surface area (TPSA) is 12.0 Å². The molecule has 0 aromatic heterocycles. The molecule has 1 nitrogen and oxygen atoms in total. The molecule has 2 rings (SSSR count). The van der Waals surface area contributed by atoms with Crippen LogP contribution in [0.4, 0.5) is 10.1 Å². The Morgan fingerprint density at radius 3 is 1.95 bits per heavy atom. The largest absolute Gasteiger partial charge is 0.379 e. The predicted octanol–water partition coefficient (Wildman–Crippen LogP) is 5.30. The van der Waals surface area contributed by atoms with Gasteiger partial charge in [-0.1, -0.05) is 45.0 Å². The van der Waals surface area contributed by atoms with Crippen LogP contribution < -0.4 is 5.32 Å². The lowest BCUT2D eigenvalue weighted by Crippen LogP contribution is -2.11. The Kier molecular flexibility index (Phi) is 4.12. The van der Waals surface area contributed by atoms with Crippen molar-refractivity contribution < 1.29 is 4.39 Å². The highest BCUT2D eigenvalue weighted by Crippen LogP contribution is 2.25. The zero-order valence-electron chi connectivity index (χ0n) is 12.6. The molecule has 106 valence electrons. The molecule has 1 unspecified atom stereocenters. The van der Waals surface area contributed by atoms with Crippen LogP contribution in [0.2, 0.25) is 0 Å². The zero-order chi connectivity index (χ0) is 14.8. The molecule has 2 aromatic carbocycles. The lowest BCUT2D eigenvalue weighted by atomic mass is 9.87. The number of anilines is 1. The first-order valence-corrected chi connectivity index (χ1v) is 6.99. The highest BCUT2D eigenvalue weighted by atomic mass is 19.1. The molecular formula is C18H22FN. The van der Waals surface area contributed by atoms with Crippen LogP contribution in [0.5, 0.6) is 0 Å². The number of nitrogens with one attached hydrogen (secondary N) is 1. The Morgan fingerprint density at radius 1 is 0.900 bits per heavy atom. The number of hydrogen-bond donors (Lipinski definition) is 1. The highest BCUT2D eigenvalue weighted by Gasteiger charge is 2.13. The van der Waals surface area contributed by atoms with Gasteiger partial charge in [-0.25, -0.2) is 4.39 Å². The summed E-state index contributed by atoms with van der Waals surface area (Å²) < 4.78 is 12.9. The summed E-state index contributed by atoms with van der Waals surface area (Å²) in [6, 6.07) is 15.3. The van der Waals surface area contributed by atoms with Gasteiger partial charge in [0.05, 0.1) is 0 Å². The van der Waals surface area contributed by atoms with E-state index < -0.39 is 0 Å². The standard InChI is InChI=1S/C18H22FN/c1-13(14-5-9-16(19)10-6-14)20-17-11-7-15(8-12-17)18(2,3)4/h5-13,20H,1-4H3. The number of benzene rings is 2. The Bertz CT molecular complexity index is 549. The molecule has 0 saturated heterocycles. The molecular weight excluding hydrogens is 249 g/mol. The van der Waals surface area contributed by atoms with Crippen molar-refractivity contribution >= 4 is 5.69 Å². The summed E-state index contributed by atoms with van der Waals surface area (Å²) in [5.41, 5.74) is 3.64. The highest BCUT2D eigenvalue weighted by molar-refractivity contribution is 5.47. The van der Waals surface area contributed by atoms with Gasteiger partial charge in [0.1, 0.15) is 5.82 Å². The summed E-state index contributed by atoms with van der Waals surface area (Å²) in [6.45, 7) is 8.69. The summed E-state index contributed by atoms with van der Waals surface area (Å²) in [6.07, 6.45) is 0. The minimum absolute atomic E-state index is 0.149. The maximum absolute atomic E-state index is 12.9. The monoisotopic (exact) mass is 271 g/mol. The second-order valence-electron chi connectivity index (χ2n) is 6.24. The average molecular weight is 271 g/mol. The Labute approximate surface area is 120 Å². The quantitative estimate of drug-likeness (QED) is 0.799. The third-order valence-corrected chi connectivity index (χ3v) is 3.50. The summed E-state index contributed by atoms with van der Waals surface area (Å²) >= 11 is 0. The van der Waals surface area contributed by atoms with Gasteiger partial charge < -0.3 is 5.32 Å². The molecule has 0 radical (unpaired) electrons. The smallest absolute Gasteiger partial charge is 0.123 e. The zero-order valence-corrected chi connectivity index (χ0v) is 12.6. The minimum atomic E-state index is -0.199. The summed E-state index contributed by atoms with van der Waals surface area (Å²) in [5, 5.41) is 3.43. The van der Waals surface area contributed by atoms with Gasteiger partial charge >= 0.3 is 0 Å². The normalized spacial score (nSPS) is 13.1. The fourth-order valence-corrected chi connectivity index (χ4v) is 2.15. The SMILES string of the molecule is CC(Nc1ccc(C(C)(C)C)cc1)c1ccc(F)cc1. The fraction of sp³-hybridized carbons (Fsp3) is 0.333. The summed E-state index contributed by atoms with van der Waals surface area (Å²) in [4.78, 5) is 0. The van der Waals surface area contributed by atoms with Gasteiger partial charge in [-0.3, -0.25) is 0 Å². The lowest BCUT2D eigenvalue weighted by molar-refractivity contribution is 0.590. The first-order valence-electron chi connectivity index (χ1n) is 6.99. The maximum atomic E-state index is 12.9. The van der Waals surface area contributed by atoms with Crippen LogP contribution in [-0.4, -0.2) is 0 Å². The van der Waals surface area contributed by atoms with E-state index in [0.717, 1.165) is 11.3 Å². The van der Waals surface area contributed by atoms with E-state index >= 15 is 0 Å². The number of halogens is 1. The third-order valence-electron chi connectivity index (χ3n) is 3.50. The Balaban J connectivity index is 2.08. The minimum Gasteiger partial charge on any atom is -0.379 e. The summed E-state index contributed by atoms with van der Waals surface area (Å²) in [7, 11) is 0. The van der Waals surface area contributed by atoms with Gasteiger partial charge in [-0.15, -0.1) is 0 Å². The van der Waals surface area contributed by atoms with E-state index in [2.05, 4.69) is 57.3 Å². The van der Waals surface area contributed by atoms with Gasteiger partial charge in [-0.05, 0) is 47.7 Å². The van der Waals surface area contributed by atoms with Crippen molar-refractivity contribution in [2.45, 2.75) is 39.2 Å². The van der Waals surface area contributed by atoms with Crippen LogP contribution in [0.1, 0.15) is 44.9 Å². The van der Waals surface area contributed by atoms with Crippen molar-refractivity contribution in [2.24, 2.45) is 0 Å². The molecule has 2 aromatic rings. The van der Waals surface area contributed by atoms with Crippen LogP contribution in [0, 0.1) is 5.82 Å². The molecule has 0 aliphatic carbocycles. The predicted molar refractivity (Wildman–Crippen MR) is 83.6 cm³/mol. The van der Waals surface area contributed by atoms with Gasteiger partial charge in [0.25, 0.3) is 0 Å². The molecule has 0 aliphatic heterocycles. The van der Waals surface area contributed by atoms with Crippen LogP contribution >= 0.6 is 0 Å². The number of rotatable bonds is 3. The van der Waals surface area contributed by atoms with E-state index in [1.54, 1.807) is 0 Å². The van der Waals surface area contributed by atoms with Gasteiger partial charge in [-0.2, -0.15) is 0 Å². The van der Waals surface area contributed by atoms with E-state index in [-0.39, 0.29) is 17.3 Å². The van der Waals surface area contributed by atoms with E-state index in [0.29, 0.717) is 0 Å². The Hall–Kier alpha value is -1.83. The van der Waals surface area contributed by atoms with E-state index in [1.807, 2.05) is 12.1 Å². The van der Waals surface area contributed by atoms with Crippen LogP contribution in [0.3, 0.4) is 0 Å².